The highest BCUT2D eigenvalue weighted by Crippen LogP contribution is 2.42. The van der Waals surface area contributed by atoms with Crippen molar-refractivity contribution >= 4 is 17.2 Å². The molecule has 3 heterocycles. The van der Waals surface area contributed by atoms with Crippen molar-refractivity contribution in [2.45, 2.75) is 18.8 Å². The number of hydrogen-bond acceptors (Lipinski definition) is 3. The Morgan fingerprint density at radius 3 is 2.84 bits per heavy atom. The Kier molecular flexibility index (Phi) is 2.32. The van der Waals surface area contributed by atoms with Crippen molar-refractivity contribution in [2.75, 3.05) is 0 Å². The summed E-state index contributed by atoms with van der Waals surface area (Å²) in [7, 11) is 0. The fourth-order valence-electron chi connectivity index (χ4n) is 2.30. The van der Waals surface area contributed by atoms with Crippen molar-refractivity contribution in [1.29, 1.82) is 0 Å². The summed E-state index contributed by atoms with van der Waals surface area (Å²) >= 11 is 6.08. The topological polar surface area (TPSA) is 43.1 Å². The molecule has 5 heteroatoms. The van der Waals surface area contributed by atoms with Crippen LogP contribution < -0.4 is 0 Å². The molecule has 3 aromatic heterocycles. The van der Waals surface area contributed by atoms with Crippen LogP contribution in [0.25, 0.3) is 17.0 Å². The Morgan fingerprint density at radius 1 is 1.21 bits per heavy atom. The number of pyridine rings is 1. The summed E-state index contributed by atoms with van der Waals surface area (Å²) in [4.78, 5) is 8.98. The van der Waals surface area contributed by atoms with E-state index in [0.29, 0.717) is 11.1 Å². The van der Waals surface area contributed by atoms with E-state index in [9.17, 15) is 0 Å². The number of aromatic nitrogens is 4. The SMILES string of the molecule is Clc1cc(C2CC2)c2nc(-c3ccccn3)cn2n1. The largest absolute Gasteiger partial charge is 0.255 e. The van der Waals surface area contributed by atoms with Gasteiger partial charge in [-0.15, -0.1) is 0 Å². The molecule has 19 heavy (non-hydrogen) atoms. The normalized spacial score (nSPS) is 15.0. The highest BCUT2D eigenvalue weighted by atomic mass is 35.5. The van der Waals surface area contributed by atoms with Gasteiger partial charge in [0.05, 0.1) is 11.9 Å². The number of hydrogen-bond donors (Lipinski definition) is 0. The molecule has 94 valence electrons. The van der Waals surface area contributed by atoms with Gasteiger partial charge in [-0.3, -0.25) is 4.98 Å². The Morgan fingerprint density at radius 2 is 2.11 bits per heavy atom. The smallest absolute Gasteiger partial charge is 0.157 e. The molecule has 0 radical (unpaired) electrons. The number of fused-ring (bicyclic) bond motifs is 1. The minimum atomic E-state index is 0.513. The van der Waals surface area contributed by atoms with Gasteiger partial charge in [0.25, 0.3) is 0 Å². The van der Waals surface area contributed by atoms with Gasteiger partial charge in [0.15, 0.2) is 5.65 Å². The summed E-state index contributed by atoms with van der Waals surface area (Å²) in [5.74, 6) is 0.585. The van der Waals surface area contributed by atoms with E-state index < -0.39 is 0 Å². The van der Waals surface area contributed by atoms with E-state index in [1.165, 1.54) is 18.4 Å². The molecule has 0 amide bonds. The number of rotatable bonds is 2. The number of nitrogens with zero attached hydrogens (tertiary/aromatic N) is 4. The van der Waals surface area contributed by atoms with Crippen molar-refractivity contribution < 1.29 is 0 Å². The first kappa shape index (κ1) is 10.9. The summed E-state index contributed by atoms with van der Waals surface area (Å²) in [6.07, 6.45) is 6.07. The molecule has 0 aromatic carbocycles. The molecule has 0 unspecified atom stereocenters. The van der Waals surface area contributed by atoms with E-state index in [2.05, 4.69) is 15.1 Å². The zero-order chi connectivity index (χ0) is 12.8. The second kappa shape index (κ2) is 4.03. The minimum absolute atomic E-state index is 0.513. The number of imidazole rings is 1. The summed E-state index contributed by atoms with van der Waals surface area (Å²) in [5, 5.41) is 4.80. The van der Waals surface area contributed by atoms with E-state index in [0.717, 1.165) is 17.0 Å². The molecular weight excluding hydrogens is 260 g/mol. The van der Waals surface area contributed by atoms with Gasteiger partial charge in [-0.25, -0.2) is 9.50 Å². The quantitative estimate of drug-likeness (QED) is 0.717. The summed E-state index contributed by atoms with van der Waals surface area (Å²) in [6.45, 7) is 0. The summed E-state index contributed by atoms with van der Waals surface area (Å²) in [6, 6.07) is 7.72. The highest BCUT2D eigenvalue weighted by Gasteiger charge is 2.27. The first-order valence-corrected chi connectivity index (χ1v) is 6.66. The monoisotopic (exact) mass is 270 g/mol. The van der Waals surface area contributed by atoms with Crippen LogP contribution in [0.5, 0.6) is 0 Å². The molecule has 0 N–H and O–H groups in total. The third-order valence-corrected chi connectivity index (χ3v) is 3.55. The molecule has 3 aromatic rings. The van der Waals surface area contributed by atoms with E-state index in [1.54, 1.807) is 10.7 Å². The average Bonchev–Trinajstić information content (AvgIpc) is 3.18. The molecule has 4 nitrogen and oxygen atoms in total. The van der Waals surface area contributed by atoms with E-state index in [-0.39, 0.29) is 0 Å². The van der Waals surface area contributed by atoms with Gasteiger partial charge >= 0.3 is 0 Å². The molecule has 1 fully saturated rings. The first-order chi connectivity index (χ1) is 9.31. The van der Waals surface area contributed by atoms with Gasteiger partial charge in [0.2, 0.25) is 0 Å². The van der Waals surface area contributed by atoms with E-state index in [1.807, 2.05) is 30.5 Å². The van der Waals surface area contributed by atoms with E-state index >= 15 is 0 Å². The highest BCUT2D eigenvalue weighted by molar-refractivity contribution is 6.29. The Labute approximate surface area is 115 Å². The van der Waals surface area contributed by atoms with Crippen LogP contribution in [0.2, 0.25) is 5.15 Å². The molecule has 0 atom stereocenters. The van der Waals surface area contributed by atoms with Crippen LogP contribution in [0.3, 0.4) is 0 Å². The maximum atomic E-state index is 6.08. The molecule has 0 bridgehead atoms. The lowest BCUT2D eigenvalue weighted by molar-refractivity contribution is 0.913. The second-order valence-corrected chi connectivity index (χ2v) is 5.19. The molecule has 1 saturated carbocycles. The van der Waals surface area contributed by atoms with E-state index in [4.69, 9.17) is 11.6 Å². The summed E-state index contributed by atoms with van der Waals surface area (Å²) in [5.41, 5.74) is 3.78. The third kappa shape index (κ3) is 1.88. The number of halogens is 1. The van der Waals surface area contributed by atoms with Gasteiger partial charge in [0, 0.05) is 11.8 Å². The maximum absolute atomic E-state index is 6.08. The lowest BCUT2D eigenvalue weighted by Crippen LogP contribution is -1.95. The zero-order valence-electron chi connectivity index (χ0n) is 10.1. The fourth-order valence-corrected chi connectivity index (χ4v) is 2.50. The minimum Gasteiger partial charge on any atom is -0.255 e. The Hall–Kier alpha value is -1.94. The van der Waals surface area contributed by atoms with Crippen LogP contribution in [0, 0.1) is 0 Å². The second-order valence-electron chi connectivity index (χ2n) is 4.81. The maximum Gasteiger partial charge on any atom is 0.157 e. The molecule has 0 aliphatic heterocycles. The van der Waals surface area contributed by atoms with Gasteiger partial charge in [-0.2, -0.15) is 5.10 Å². The standard InChI is InChI=1S/C14H11ClN4/c15-13-7-10(9-4-5-9)14-17-12(8-19(14)18-13)11-3-1-2-6-16-11/h1-3,6-9H,4-5H2. The van der Waals surface area contributed by atoms with Gasteiger partial charge < -0.3 is 0 Å². The zero-order valence-corrected chi connectivity index (χ0v) is 10.9. The van der Waals surface area contributed by atoms with Crippen LogP contribution >= 0.6 is 11.6 Å². The van der Waals surface area contributed by atoms with Crippen LogP contribution in [0.4, 0.5) is 0 Å². The first-order valence-electron chi connectivity index (χ1n) is 6.28. The van der Waals surface area contributed by atoms with Gasteiger partial charge in [-0.1, -0.05) is 17.7 Å². The molecular formula is C14H11ClN4. The Bertz CT molecular complexity index is 747. The van der Waals surface area contributed by atoms with Crippen LogP contribution in [-0.4, -0.2) is 19.6 Å². The van der Waals surface area contributed by atoms with Gasteiger partial charge in [0.1, 0.15) is 10.8 Å². The van der Waals surface area contributed by atoms with Crippen molar-refractivity contribution in [1.82, 2.24) is 19.6 Å². The van der Waals surface area contributed by atoms with Crippen molar-refractivity contribution in [3.8, 4) is 11.4 Å². The average molecular weight is 271 g/mol. The van der Waals surface area contributed by atoms with Crippen LogP contribution in [-0.2, 0) is 0 Å². The van der Waals surface area contributed by atoms with Crippen molar-refractivity contribution in [3.05, 3.63) is 47.4 Å². The lowest BCUT2D eigenvalue weighted by atomic mass is 10.2. The third-order valence-electron chi connectivity index (χ3n) is 3.37. The fraction of sp³-hybridized carbons (Fsp3) is 0.214. The molecule has 0 saturated heterocycles. The van der Waals surface area contributed by atoms with Crippen LogP contribution in [0.1, 0.15) is 24.3 Å². The lowest BCUT2D eigenvalue weighted by Gasteiger charge is -2.00. The molecule has 0 spiro atoms. The summed E-state index contributed by atoms with van der Waals surface area (Å²) < 4.78 is 1.76. The van der Waals surface area contributed by atoms with Gasteiger partial charge in [-0.05, 0) is 37.0 Å². The molecule has 4 rings (SSSR count). The molecule has 1 aliphatic rings. The molecule has 1 aliphatic carbocycles. The van der Waals surface area contributed by atoms with Crippen LogP contribution in [0.15, 0.2) is 36.7 Å². The predicted octanol–water partition coefficient (Wildman–Crippen LogP) is 3.32. The Balaban J connectivity index is 1.93. The van der Waals surface area contributed by atoms with Crippen molar-refractivity contribution in [2.24, 2.45) is 0 Å². The van der Waals surface area contributed by atoms with Crippen molar-refractivity contribution in [3.63, 3.8) is 0 Å². The predicted molar refractivity (Wildman–Crippen MR) is 73.2 cm³/mol.